The Morgan fingerprint density at radius 3 is 2.21 bits per heavy atom. The van der Waals surface area contributed by atoms with Crippen molar-refractivity contribution in [3.05, 3.63) is 55.0 Å². The van der Waals surface area contributed by atoms with Gasteiger partial charge in [0.15, 0.2) is 35.9 Å². The molecule has 33 heavy (non-hydrogen) atoms. The number of carboxylic acid groups (broad SMARTS) is 2. The van der Waals surface area contributed by atoms with Gasteiger partial charge in [0.2, 0.25) is 0 Å². The van der Waals surface area contributed by atoms with Gasteiger partial charge < -0.3 is 24.3 Å². The summed E-state index contributed by atoms with van der Waals surface area (Å²) >= 11 is 0. The molecule has 1 aromatic carbocycles. The molecule has 0 spiro atoms. The minimum Gasteiger partial charge on any atom is -0.479 e. The van der Waals surface area contributed by atoms with E-state index in [1.54, 1.807) is 7.05 Å². The summed E-state index contributed by atoms with van der Waals surface area (Å²) in [5, 5.41) is 29.4. The van der Waals surface area contributed by atoms with Gasteiger partial charge in [0.25, 0.3) is 11.2 Å². The van der Waals surface area contributed by atoms with Gasteiger partial charge in [-0.3, -0.25) is 24.0 Å². The highest BCUT2D eigenvalue weighted by atomic mass is 16.6. The largest absolute Gasteiger partial charge is 0.479 e. The number of imidazole rings is 1. The molecule has 0 aliphatic rings. The topological polar surface area (TPSA) is 198 Å². The van der Waals surface area contributed by atoms with E-state index in [-0.39, 0.29) is 28.2 Å². The molecule has 0 aliphatic carbocycles. The molecule has 0 radical (unpaired) electrons. The SMILES string of the molecule is Cn1c(=O)c2c(ncn2C)n(Cc2cc(OCC(=O)O)c(OCC(=O)O)cc2[N+](=O)[O-])c1=O. The van der Waals surface area contributed by atoms with Gasteiger partial charge in [-0.25, -0.2) is 19.4 Å². The minimum absolute atomic E-state index is 0.0147. The van der Waals surface area contributed by atoms with Crippen molar-refractivity contribution in [2.75, 3.05) is 13.2 Å². The Morgan fingerprint density at radius 2 is 1.67 bits per heavy atom. The van der Waals surface area contributed by atoms with Crippen LogP contribution in [0.5, 0.6) is 11.5 Å². The number of nitrogens with zero attached hydrogens (tertiary/aromatic N) is 5. The molecule has 3 rings (SSSR count). The predicted octanol–water partition coefficient (Wildman–Crippen LogP) is -0.683. The van der Waals surface area contributed by atoms with Crippen LogP contribution in [0, 0.1) is 10.1 Å². The van der Waals surface area contributed by atoms with Crippen molar-refractivity contribution in [2.24, 2.45) is 14.1 Å². The predicted molar refractivity (Wildman–Crippen MR) is 109 cm³/mol. The fourth-order valence-corrected chi connectivity index (χ4v) is 3.08. The van der Waals surface area contributed by atoms with Crippen molar-refractivity contribution >= 4 is 28.8 Å². The van der Waals surface area contributed by atoms with E-state index in [0.717, 1.165) is 21.3 Å². The summed E-state index contributed by atoms with van der Waals surface area (Å²) in [6.45, 7) is -2.14. The molecular formula is C18H17N5O10. The lowest BCUT2D eigenvalue weighted by Crippen LogP contribution is -2.39. The number of carboxylic acids is 2. The second-order valence-corrected chi connectivity index (χ2v) is 6.81. The van der Waals surface area contributed by atoms with E-state index in [1.807, 2.05) is 0 Å². The van der Waals surface area contributed by atoms with Gasteiger partial charge >= 0.3 is 17.6 Å². The van der Waals surface area contributed by atoms with Crippen LogP contribution in [0.15, 0.2) is 28.0 Å². The van der Waals surface area contributed by atoms with Gasteiger partial charge in [-0.1, -0.05) is 0 Å². The Labute approximate surface area is 182 Å². The Kier molecular flexibility index (Phi) is 6.14. The second kappa shape index (κ2) is 8.81. The fraction of sp³-hybridized carbons (Fsp3) is 0.278. The second-order valence-electron chi connectivity index (χ2n) is 6.81. The van der Waals surface area contributed by atoms with E-state index in [0.29, 0.717) is 0 Å². The number of aromatic nitrogens is 4. The number of nitro benzene ring substituents is 1. The Hall–Kier alpha value is -4.69. The Bertz CT molecular complexity index is 1400. The minimum atomic E-state index is -1.37. The number of aryl methyl sites for hydroxylation is 1. The molecule has 0 atom stereocenters. The number of nitro groups is 1. The van der Waals surface area contributed by atoms with Gasteiger partial charge in [0.05, 0.1) is 29.4 Å². The number of ether oxygens (including phenoxy) is 2. The molecule has 0 amide bonds. The zero-order chi connectivity index (χ0) is 24.4. The number of rotatable bonds is 9. The fourth-order valence-electron chi connectivity index (χ4n) is 3.08. The van der Waals surface area contributed by atoms with Gasteiger partial charge in [-0.15, -0.1) is 0 Å². The number of hydrogen-bond donors (Lipinski definition) is 2. The summed E-state index contributed by atoms with van der Waals surface area (Å²) in [4.78, 5) is 61.9. The monoisotopic (exact) mass is 463 g/mol. The number of hydrogen-bond acceptors (Lipinski definition) is 9. The first-order chi connectivity index (χ1) is 15.5. The third kappa shape index (κ3) is 4.51. The van der Waals surface area contributed by atoms with E-state index >= 15 is 0 Å². The lowest BCUT2D eigenvalue weighted by atomic mass is 10.1. The molecule has 0 bridgehead atoms. The van der Waals surface area contributed by atoms with Crippen LogP contribution in [0.25, 0.3) is 11.2 Å². The zero-order valence-electron chi connectivity index (χ0n) is 17.2. The van der Waals surface area contributed by atoms with E-state index in [2.05, 4.69) is 4.98 Å². The smallest absolute Gasteiger partial charge is 0.341 e. The summed E-state index contributed by atoms with van der Waals surface area (Å²) < 4.78 is 13.4. The van der Waals surface area contributed by atoms with Crippen LogP contribution >= 0.6 is 0 Å². The molecule has 0 fully saturated rings. The van der Waals surface area contributed by atoms with Crippen molar-refractivity contribution < 1.29 is 34.2 Å². The molecule has 15 heteroatoms. The maximum Gasteiger partial charge on any atom is 0.341 e. The van der Waals surface area contributed by atoms with Crippen LogP contribution in [0.1, 0.15) is 5.56 Å². The van der Waals surface area contributed by atoms with E-state index in [9.17, 15) is 29.3 Å². The average Bonchev–Trinajstić information content (AvgIpc) is 3.13. The molecule has 2 aromatic heterocycles. The molecule has 174 valence electrons. The van der Waals surface area contributed by atoms with Crippen molar-refractivity contribution in [3.8, 4) is 11.5 Å². The molecule has 2 heterocycles. The summed E-state index contributed by atoms with van der Waals surface area (Å²) in [6, 6.07) is 1.95. The first-order valence-electron chi connectivity index (χ1n) is 9.12. The quantitative estimate of drug-likeness (QED) is 0.301. The molecule has 0 saturated carbocycles. The van der Waals surface area contributed by atoms with Crippen molar-refractivity contribution in [1.29, 1.82) is 0 Å². The molecule has 2 N–H and O–H groups in total. The number of aliphatic carboxylic acids is 2. The van der Waals surface area contributed by atoms with Crippen molar-refractivity contribution in [3.63, 3.8) is 0 Å². The Morgan fingerprint density at radius 1 is 1.09 bits per heavy atom. The Balaban J connectivity index is 2.20. The lowest BCUT2D eigenvalue weighted by molar-refractivity contribution is -0.385. The molecule has 15 nitrogen and oxygen atoms in total. The van der Waals surface area contributed by atoms with Crippen LogP contribution in [-0.2, 0) is 30.2 Å². The van der Waals surface area contributed by atoms with Crippen LogP contribution in [0.2, 0.25) is 0 Å². The number of carbonyl (C=O) groups is 2. The number of fused-ring (bicyclic) bond motifs is 1. The summed E-state index contributed by atoms with van der Waals surface area (Å²) in [5.74, 6) is -3.39. The van der Waals surface area contributed by atoms with Gasteiger partial charge in [-0.05, 0) is 6.07 Å². The highest BCUT2D eigenvalue weighted by Crippen LogP contribution is 2.35. The molecule has 0 unspecified atom stereocenters. The van der Waals surface area contributed by atoms with E-state index in [1.165, 1.54) is 17.9 Å². The number of benzene rings is 1. The van der Waals surface area contributed by atoms with E-state index < -0.39 is 53.6 Å². The summed E-state index contributed by atoms with van der Waals surface area (Å²) in [5.41, 5.74) is -1.98. The van der Waals surface area contributed by atoms with Crippen LogP contribution < -0.4 is 20.7 Å². The average molecular weight is 463 g/mol. The lowest BCUT2D eigenvalue weighted by Gasteiger charge is -2.14. The maximum absolute atomic E-state index is 12.8. The van der Waals surface area contributed by atoms with Crippen molar-refractivity contribution in [2.45, 2.75) is 6.54 Å². The molecule has 0 saturated heterocycles. The van der Waals surface area contributed by atoms with Crippen LogP contribution in [0.4, 0.5) is 5.69 Å². The summed E-state index contributed by atoms with van der Waals surface area (Å²) in [6.07, 6.45) is 1.31. The standard InChI is InChI=1S/C18H17N5O10/c1-20-8-19-16-15(20)17(28)21(2)18(29)22(16)5-9-3-11(32-6-13(24)25)12(33-7-14(26)27)4-10(9)23(30)31/h3-4,8H,5-7H2,1-2H3,(H,24,25)(H,26,27). The first-order valence-corrected chi connectivity index (χ1v) is 9.12. The molecule has 3 aromatic rings. The van der Waals surface area contributed by atoms with Gasteiger partial charge in [-0.2, -0.15) is 0 Å². The third-order valence-corrected chi connectivity index (χ3v) is 4.57. The molecular weight excluding hydrogens is 446 g/mol. The van der Waals surface area contributed by atoms with E-state index in [4.69, 9.17) is 19.7 Å². The zero-order valence-corrected chi connectivity index (χ0v) is 17.2. The normalized spacial score (nSPS) is 10.8. The first kappa shape index (κ1) is 23.0. The highest BCUT2D eigenvalue weighted by Gasteiger charge is 2.24. The summed E-state index contributed by atoms with van der Waals surface area (Å²) in [7, 11) is 2.78. The van der Waals surface area contributed by atoms with Crippen LogP contribution in [0.3, 0.4) is 0 Å². The third-order valence-electron chi connectivity index (χ3n) is 4.57. The maximum atomic E-state index is 12.8. The van der Waals surface area contributed by atoms with Crippen molar-refractivity contribution in [1.82, 2.24) is 18.7 Å². The van der Waals surface area contributed by atoms with Gasteiger partial charge in [0.1, 0.15) is 0 Å². The molecule has 0 aliphatic heterocycles. The van der Waals surface area contributed by atoms with Gasteiger partial charge in [0, 0.05) is 14.1 Å². The van der Waals surface area contributed by atoms with Crippen LogP contribution in [-0.4, -0.2) is 59.0 Å². The highest BCUT2D eigenvalue weighted by molar-refractivity contribution is 5.71.